The smallest absolute Gasteiger partial charge is 0.240 e. The van der Waals surface area contributed by atoms with Crippen LogP contribution < -0.4 is 9.88 Å². The molecule has 2 aromatic heterocycles. The molecule has 0 bridgehead atoms. The fourth-order valence-electron chi connectivity index (χ4n) is 1.51. The van der Waals surface area contributed by atoms with Crippen LogP contribution in [0.1, 0.15) is 0 Å². The molecule has 0 radical (unpaired) electrons. The molecule has 2 aromatic rings. The van der Waals surface area contributed by atoms with E-state index in [1.54, 1.807) is 0 Å². The lowest BCUT2D eigenvalue weighted by atomic mass is 10.2. The molecule has 0 unspecified atom stereocenters. The number of sulfonamides is 1. The van der Waals surface area contributed by atoms with Crippen LogP contribution in [0.5, 0.6) is 5.75 Å². The first-order chi connectivity index (χ1) is 9.74. The summed E-state index contributed by atoms with van der Waals surface area (Å²) in [6.07, 6.45) is 0. The van der Waals surface area contributed by atoms with E-state index in [1.165, 1.54) is 19.2 Å². The maximum atomic E-state index is 11.7. The zero-order valence-electron chi connectivity index (χ0n) is 10.3. The molecule has 0 aliphatic heterocycles. The van der Waals surface area contributed by atoms with E-state index in [9.17, 15) is 8.42 Å². The number of ether oxygens (including phenoxy) is 1. The third kappa shape index (κ3) is 3.43. The van der Waals surface area contributed by atoms with Gasteiger partial charge in [0.2, 0.25) is 10.0 Å². The molecule has 0 amide bonds. The molecule has 112 valence electrons. The summed E-state index contributed by atoms with van der Waals surface area (Å²) in [5.41, 5.74) is -0.0213. The van der Waals surface area contributed by atoms with E-state index in [0.29, 0.717) is 0 Å². The average molecular weight is 414 g/mol. The fraction of sp³-hybridized carbons (Fsp3) is 0.100. The maximum Gasteiger partial charge on any atom is 0.240 e. The molecule has 0 atom stereocenters. The quantitative estimate of drug-likeness (QED) is 0.773. The minimum Gasteiger partial charge on any atom is -0.494 e. The Kier molecular flexibility index (Phi) is 4.69. The molecule has 0 saturated carbocycles. The number of methoxy groups -OCH3 is 1. The summed E-state index contributed by atoms with van der Waals surface area (Å²) in [7, 11) is -2.69. The van der Waals surface area contributed by atoms with Crippen LogP contribution in [-0.2, 0) is 10.0 Å². The van der Waals surface area contributed by atoms with Crippen molar-refractivity contribution in [3.63, 3.8) is 0 Å². The van der Waals surface area contributed by atoms with Crippen molar-refractivity contribution < 1.29 is 13.2 Å². The van der Waals surface area contributed by atoms with Gasteiger partial charge in [-0.25, -0.2) is 18.5 Å². The van der Waals surface area contributed by atoms with Crippen LogP contribution in [0.4, 0.5) is 0 Å². The number of nitrogens with zero attached hydrogens (tertiary/aromatic N) is 3. The minimum absolute atomic E-state index is 0.0382. The summed E-state index contributed by atoms with van der Waals surface area (Å²) in [5, 5.41) is 12.8. The second kappa shape index (κ2) is 6.01. The summed E-state index contributed by atoms with van der Waals surface area (Å²) < 4.78 is 28.8. The molecule has 0 fully saturated rings. The lowest BCUT2D eigenvalue weighted by Crippen LogP contribution is -2.15. The molecule has 2 rings (SSSR count). The standard InChI is InChI=1S/C10H7BrCl2N4O3S/c1-20-5-3-7(12)16-17-8(5)9-6(21(14,18)19)2-4(11)10(13)15-9/h2-3H,1H3,(H2,14,18,19). The lowest BCUT2D eigenvalue weighted by molar-refractivity contribution is 0.413. The van der Waals surface area contributed by atoms with E-state index in [-0.39, 0.29) is 36.8 Å². The molecule has 21 heavy (non-hydrogen) atoms. The molecular formula is C10H7BrCl2N4O3S. The Morgan fingerprint density at radius 2 is 1.90 bits per heavy atom. The Morgan fingerprint density at radius 1 is 1.24 bits per heavy atom. The summed E-state index contributed by atoms with van der Waals surface area (Å²) in [6.45, 7) is 0. The van der Waals surface area contributed by atoms with E-state index < -0.39 is 10.0 Å². The summed E-state index contributed by atoms with van der Waals surface area (Å²) in [6, 6.07) is 2.60. The number of rotatable bonds is 3. The van der Waals surface area contributed by atoms with Crippen LogP contribution in [0.25, 0.3) is 11.4 Å². The van der Waals surface area contributed by atoms with Crippen molar-refractivity contribution in [1.29, 1.82) is 0 Å². The molecule has 0 saturated heterocycles. The van der Waals surface area contributed by atoms with Crippen LogP contribution in [0.15, 0.2) is 21.5 Å². The van der Waals surface area contributed by atoms with E-state index >= 15 is 0 Å². The normalized spacial score (nSPS) is 11.5. The number of halogens is 3. The minimum atomic E-state index is -4.06. The lowest BCUT2D eigenvalue weighted by Gasteiger charge is -2.11. The second-order valence-corrected chi connectivity index (χ2v) is 6.87. The van der Waals surface area contributed by atoms with Crippen LogP contribution >= 0.6 is 39.1 Å². The SMILES string of the molecule is COc1cc(Cl)nnc1-c1nc(Cl)c(Br)cc1S(N)(=O)=O. The van der Waals surface area contributed by atoms with Gasteiger partial charge in [0.25, 0.3) is 0 Å². The first-order valence-corrected chi connectivity index (χ1v) is 8.30. The predicted octanol–water partition coefficient (Wildman–Crippen LogP) is 2.26. The first-order valence-electron chi connectivity index (χ1n) is 5.20. The van der Waals surface area contributed by atoms with Gasteiger partial charge in [0.1, 0.15) is 15.7 Å². The third-order valence-electron chi connectivity index (χ3n) is 2.38. The monoisotopic (exact) mass is 412 g/mol. The Hall–Kier alpha value is -1.00. The van der Waals surface area contributed by atoms with Crippen molar-refractivity contribution >= 4 is 49.2 Å². The molecule has 0 aliphatic rings. The highest BCUT2D eigenvalue weighted by Gasteiger charge is 2.23. The van der Waals surface area contributed by atoms with Gasteiger partial charge in [-0.2, -0.15) is 0 Å². The number of aromatic nitrogens is 3. The highest BCUT2D eigenvalue weighted by molar-refractivity contribution is 9.10. The van der Waals surface area contributed by atoms with Gasteiger partial charge in [0, 0.05) is 6.07 Å². The van der Waals surface area contributed by atoms with Crippen molar-refractivity contribution in [3.05, 3.63) is 26.9 Å². The number of hydrogen-bond donors (Lipinski definition) is 1. The van der Waals surface area contributed by atoms with Gasteiger partial charge in [0.05, 0.1) is 11.6 Å². The molecular weight excluding hydrogens is 407 g/mol. The fourth-order valence-corrected chi connectivity index (χ4v) is 2.95. The molecule has 2 N–H and O–H groups in total. The van der Waals surface area contributed by atoms with Crippen molar-refractivity contribution in [1.82, 2.24) is 15.2 Å². The van der Waals surface area contributed by atoms with Crippen LogP contribution in [-0.4, -0.2) is 30.7 Å². The zero-order chi connectivity index (χ0) is 15.8. The molecule has 0 aromatic carbocycles. The van der Waals surface area contributed by atoms with E-state index in [4.69, 9.17) is 33.1 Å². The number of nitrogens with two attached hydrogens (primary N) is 1. The Morgan fingerprint density at radius 3 is 2.48 bits per heavy atom. The van der Waals surface area contributed by atoms with Gasteiger partial charge in [-0.15, -0.1) is 10.2 Å². The Balaban J connectivity index is 2.83. The maximum absolute atomic E-state index is 11.7. The van der Waals surface area contributed by atoms with Gasteiger partial charge in [-0.05, 0) is 22.0 Å². The molecule has 11 heteroatoms. The largest absolute Gasteiger partial charge is 0.494 e. The highest BCUT2D eigenvalue weighted by Crippen LogP contribution is 2.35. The Bertz CT molecular complexity index is 816. The van der Waals surface area contributed by atoms with Crippen molar-refractivity contribution in [3.8, 4) is 17.1 Å². The van der Waals surface area contributed by atoms with Crippen LogP contribution in [0.3, 0.4) is 0 Å². The number of primary sulfonamides is 1. The zero-order valence-corrected chi connectivity index (χ0v) is 14.3. The molecule has 0 aliphatic carbocycles. The summed E-state index contributed by atoms with van der Waals surface area (Å²) >= 11 is 14.7. The van der Waals surface area contributed by atoms with Gasteiger partial charge < -0.3 is 4.74 Å². The third-order valence-corrected chi connectivity index (χ3v) is 4.61. The number of pyridine rings is 1. The van der Waals surface area contributed by atoms with Gasteiger partial charge in [-0.1, -0.05) is 23.2 Å². The van der Waals surface area contributed by atoms with Gasteiger partial charge >= 0.3 is 0 Å². The van der Waals surface area contributed by atoms with Crippen molar-refractivity contribution in [2.24, 2.45) is 5.14 Å². The van der Waals surface area contributed by atoms with Crippen LogP contribution in [0, 0.1) is 0 Å². The molecule has 7 nitrogen and oxygen atoms in total. The predicted molar refractivity (Wildman–Crippen MR) is 80.9 cm³/mol. The summed E-state index contributed by atoms with van der Waals surface area (Å²) in [4.78, 5) is 3.71. The molecule has 2 heterocycles. The van der Waals surface area contributed by atoms with E-state index in [1.807, 2.05) is 0 Å². The Labute approximate surface area is 138 Å². The van der Waals surface area contributed by atoms with Crippen molar-refractivity contribution in [2.75, 3.05) is 7.11 Å². The van der Waals surface area contributed by atoms with Crippen molar-refractivity contribution in [2.45, 2.75) is 4.90 Å². The highest BCUT2D eigenvalue weighted by atomic mass is 79.9. The number of hydrogen-bond acceptors (Lipinski definition) is 6. The first kappa shape index (κ1) is 16.4. The summed E-state index contributed by atoms with van der Waals surface area (Å²) in [5.74, 6) is 0.186. The van der Waals surface area contributed by atoms with E-state index in [2.05, 4.69) is 31.1 Å². The molecule has 0 spiro atoms. The van der Waals surface area contributed by atoms with Gasteiger partial charge in [-0.3, -0.25) is 0 Å². The topological polar surface area (TPSA) is 108 Å². The van der Waals surface area contributed by atoms with E-state index in [0.717, 1.165) is 0 Å². The second-order valence-electron chi connectivity index (χ2n) is 3.74. The van der Waals surface area contributed by atoms with Gasteiger partial charge in [0.15, 0.2) is 16.6 Å². The van der Waals surface area contributed by atoms with Crippen LogP contribution in [0.2, 0.25) is 10.3 Å². The average Bonchev–Trinajstić information content (AvgIpc) is 2.40.